The number of ether oxygens (including phenoxy) is 1. The van der Waals surface area contributed by atoms with Crippen molar-refractivity contribution in [3.8, 4) is 0 Å². The quantitative estimate of drug-likeness (QED) is 0.394. The average Bonchev–Trinajstić information content (AvgIpc) is 3.19. The van der Waals surface area contributed by atoms with E-state index in [0.717, 1.165) is 19.3 Å². The van der Waals surface area contributed by atoms with Gasteiger partial charge in [-0.05, 0) is 55.5 Å². The first kappa shape index (κ1) is 21.1. The normalized spacial score (nSPS) is 13.5. The number of benzene rings is 2. The number of thioether (sulfide) groups is 1. The lowest BCUT2D eigenvalue weighted by Crippen LogP contribution is -2.25. The van der Waals surface area contributed by atoms with E-state index in [1.807, 2.05) is 18.2 Å². The molecule has 1 amide bonds. The van der Waals surface area contributed by atoms with Crippen molar-refractivity contribution in [1.29, 1.82) is 0 Å². The zero-order valence-electron chi connectivity index (χ0n) is 16.9. The maximum absolute atomic E-state index is 12.8. The molecule has 0 aromatic heterocycles. The lowest BCUT2D eigenvalue weighted by atomic mass is 10.0. The van der Waals surface area contributed by atoms with Crippen molar-refractivity contribution in [3.05, 3.63) is 64.7 Å². The molecule has 0 heterocycles. The van der Waals surface area contributed by atoms with E-state index in [4.69, 9.17) is 4.74 Å². The molecule has 0 saturated carbocycles. The fraction of sp³-hybridized carbons (Fsp3) is 0.348. The maximum atomic E-state index is 12.8. The van der Waals surface area contributed by atoms with Gasteiger partial charge in [-0.2, -0.15) is 0 Å². The Kier molecular flexibility index (Phi) is 6.75. The second kappa shape index (κ2) is 9.27. The number of ketones is 1. The highest BCUT2D eigenvalue weighted by Gasteiger charge is 2.23. The van der Waals surface area contributed by atoms with Gasteiger partial charge in [0.1, 0.15) is 0 Å². The molecular formula is C23H25NO4S. The van der Waals surface area contributed by atoms with Gasteiger partial charge in [-0.3, -0.25) is 9.59 Å². The number of carbonyl (C=O) groups is 3. The van der Waals surface area contributed by atoms with E-state index < -0.39 is 12.1 Å². The Bertz CT molecular complexity index is 938. The molecule has 0 radical (unpaired) electrons. The van der Waals surface area contributed by atoms with Crippen LogP contribution in [-0.2, 0) is 22.4 Å². The molecule has 0 bridgehead atoms. The Labute approximate surface area is 175 Å². The number of nitrogens with zero attached hydrogens (tertiary/aromatic N) is 1. The van der Waals surface area contributed by atoms with Gasteiger partial charge in [-0.25, -0.2) is 4.79 Å². The third-order valence-corrected chi connectivity index (χ3v) is 6.05. The van der Waals surface area contributed by atoms with Crippen LogP contribution >= 0.6 is 11.8 Å². The number of fused-ring (bicyclic) bond motifs is 1. The average molecular weight is 412 g/mol. The summed E-state index contributed by atoms with van der Waals surface area (Å²) < 4.78 is 5.47. The van der Waals surface area contributed by atoms with Gasteiger partial charge in [0.25, 0.3) is 0 Å². The molecule has 2 aromatic rings. The molecule has 5 nitrogen and oxygen atoms in total. The number of carbonyl (C=O) groups excluding carboxylic acids is 3. The highest BCUT2D eigenvalue weighted by Crippen LogP contribution is 2.26. The number of aryl methyl sites for hydroxylation is 2. The van der Waals surface area contributed by atoms with Crippen LogP contribution in [0.25, 0.3) is 0 Å². The van der Waals surface area contributed by atoms with Crippen molar-refractivity contribution in [2.24, 2.45) is 0 Å². The molecule has 152 valence electrons. The molecule has 2 aromatic carbocycles. The molecule has 1 aliphatic rings. The van der Waals surface area contributed by atoms with Crippen molar-refractivity contribution < 1.29 is 19.1 Å². The van der Waals surface area contributed by atoms with Gasteiger partial charge in [-0.1, -0.05) is 24.3 Å². The minimum absolute atomic E-state index is 0.0432. The summed E-state index contributed by atoms with van der Waals surface area (Å²) in [5.74, 6) is -0.590. The summed E-state index contributed by atoms with van der Waals surface area (Å²) in [6.07, 6.45) is 2.27. The molecule has 6 heteroatoms. The Morgan fingerprint density at radius 3 is 2.55 bits per heavy atom. The summed E-state index contributed by atoms with van der Waals surface area (Å²) in [6, 6.07) is 12.7. The van der Waals surface area contributed by atoms with Crippen LogP contribution in [0.5, 0.6) is 0 Å². The topological polar surface area (TPSA) is 63.7 Å². The van der Waals surface area contributed by atoms with Crippen molar-refractivity contribution in [2.75, 3.05) is 19.8 Å². The van der Waals surface area contributed by atoms with E-state index in [2.05, 4.69) is 0 Å². The third kappa shape index (κ3) is 5.07. The molecule has 0 unspecified atom stereocenters. The van der Waals surface area contributed by atoms with E-state index in [1.165, 1.54) is 27.8 Å². The second-order valence-corrected chi connectivity index (χ2v) is 8.34. The Morgan fingerprint density at radius 2 is 1.79 bits per heavy atom. The van der Waals surface area contributed by atoms with Crippen LogP contribution in [0, 0.1) is 0 Å². The van der Waals surface area contributed by atoms with Gasteiger partial charge in [0.05, 0.1) is 11.3 Å². The Balaban J connectivity index is 1.68. The van der Waals surface area contributed by atoms with E-state index in [0.29, 0.717) is 16.0 Å². The van der Waals surface area contributed by atoms with Crippen LogP contribution in [0.15, 0.2) is 47.4 Å². The number of hydrogen-bond donors (Lipinski definition) is 0. The molecule has 0 spiro atoms. The Morgan fingerprint density at radius 1 is 1.07 bits per heavy atom. The summed E-state index contributed by atoms with van der Waals surface area (Å²) in [4.78, 5) is 39.5. The van der Waals surface area contributed by atoms with E-state index in [1.54, 1.807) is 45.3 Å². The smallest absolute Gasteiger partial charge is 0.339 e. The first-order chi connectivity index (χ1) is 13.9. The van der Waals surface area contributed by atoms with Crippen LogP contribution in [0.1, 0.15) is 45.2 Å². The van der Waals surface area contributed by atoms with Crippen molar-refractivity contribution in [3.63, 3.8) is 0 Å². The predicted molar refractivity (Wildman–Crippen MR) is 114 cm³/mol. The minimum Gasteiger partial charge on any atom is -0.451 e. The van der Waals surface area contributed by atoms with Gasteiger partial charge in [0.2, 0.25) is 11.7 Å². The molecule has 1 atom stereocenters. The van der Waals surface area contributed by atoms with E-state index in [-0.39, 0.29) is 17.4 Å². The standard InChI is InChI=1S/C23H25NO4S/c1-15(22(26)18-12-11-16-7-6-8-17(16)13-18)28-23(27)19-9-4-5-10-20(19)29-14-21(25)24(2)3/h4-5,9-13,15H,6-8,14H2,1-3H3/t15-/m1/s1. The lowest BCUT2D eigenvalue weighted by Gasteiger charge is -2.15. The highest BCUT2D eigenvalue weighted by atomic mass is 32.2. The van der Waals surface area contributed by atoms with Crippen molar-refractivity contribution in [1.82, 2.24) is 4.90 Å². The minimum atomic E-state index is -0.886. The largest absolute Gasteiger partial charge is 0.451 e. The van der Waals surface area contributed by atoms with Gasteiger partial charge in [-0.15, -0.1) is 11.8 Å². The zero-order valence-corrected chi connectivity index (χ0v) is 17.8. The molecular weight excluding hydrogens is 386 g/mol. The second-order valence-electron chi connectivity index (χ2n) is 7.32. The van der Waals surface area contributed by atoms with Crippen LogP contribution in [0.2, 0.25) is 0 Å². The maximum Gasteiger partial charge on any atom is 0.339 e. The summed E-state index contributed by atoms with van der Waals surface area (Å²) in [6.45, 7) is 1.60. The third-order valence-electron chi connectivity index (χ3n) is 4.99. The molecule has 0 N–H and O–H groups in total. The molecule has 3 rings (SSSR count). The summed E-state index contributed by atoms with van der Waals surface area (Å²) in [5.41, 5.74) is 3.44. The summed E-state index contributed by atoms with van der Waals surface area (Å²) in [5, 5.41) is 0. The van der Waals surface area contributed by atoms with Crippen LogP contribution in [-0.4, -0.2) is 48.5 Å². The number of rotatable bonds is 7. The lowest BCUT2D eigenvalue weighted by molar-refractivity contribution is -0.125. The van der Waals surface area contributed by atoms with Gasteiger partial charge >= 0.3 is 5.97 Å². The van der Waals surface area contributed by atoms with Gasteiger partial charge in [0.15, 0.2) is 6.10 Å². The van der Waals surface area contributed by atoms with Crippen molar-refractivity contribution >= 4 is 29.4 Å². The number of hydrogen-bond acceptors (Lipinski definition) is 5. The van der Waals surface area contributed by atoms with Gasteiger partial charge < -0.3 is 9.64 Å². The van der Waals surface area contributed by atoms with Crippen molar-refractivity contribution in [2.45, 2.75) is 37.2 Å². The predicted octanol–water partition coefficient (Wildman–Crippen LogP) is 3.78. The fourth-order valence-electron chi connectivity index (χ4n) is 3.27. The molecule has 0 saturated heterocycles. The van der Waals surface area contributed by atoms with E-state index in [9.17, 15) is 14.4 Å². The number of esters is 1. The van der Waals surface area contributed by atoms with Crippen LogP contribution in [0.3, 0.4) is 0 Å². The van der Waals surface area contributed by atoms with Crippen LogP contribution in [0.4, 0.5) is 0 Å². The van der Waals surface area contributed by atoms with E-state index >= 15 is 0 Å². The van der Waals surface area contributed by atoms with Crippen LogP contribution < -0.4 is 0 Å². The molecule has 0 fully saturated rings. The SMILES string of the molecule is C[C@@H](OC(=O)c1ccccc1SCC(=O)N(C)C)C(=O)c1ccc2c(c1)CCC2. The van der Waals surface area contributed by atoms with Gasteiger partial charge in [0, 0.05) is 24.6 Å². The monoisotopic (exact) mass is 411 g/mol. The first-order valence-electron chi connectivity index (χ1n) is 9.66. The Hall–Kier alpha value is -2.60. The summed E-state index contributed by atoms with van der Waals surface area (Å²) in [7, 11) is 3.38. The molecule has 1 aliphatic carbocycles. The molecule has 0 aliphatic heterocycles. The zero-order chi connectivity index (χ0) is 21.0. The first-order valence-corrected chi connectivity index (χ1v) is 10.6. The summed E-state index contributed by atoms with van der Waals surface area (Å²) >= 11 is 1.28. The fourth-order valence-corrected chi connectivity index (χ4v) is 4.29. The highest BCUT2D eigenvalue weighted by molar-refractivity contribution is 8.00. The number of Topliss-reactive ketones (excluding diaryl/α,β-unsaturated/α-hetero) is 1. The molecule has 29 heavy (non-hydrogen) atoms. The number of amides is 1.